The number of rotatable bonds is 4. The second kappa shape index (κ2) is 6.60. The van der Waals surface area contributed by atoms with Crippen molar-refractivity contribution in [2.45, 2.75) is 0 Å². The molecule has 3 aromatic rings. The number of hydrogen-bond acceptors (Lipinski definition) is 5. The molecule has 0 radical (unpaired) electrons. The van der Waals surface area contributed by atoms with Gasteiger partial charge in [-0.3, -0.25) is 24.0 Å². The average molecular weight is 369 g/mol. The van der Waals surface area contributed by atoms with Gasteiger partial charge in [0.2, 0.25) is 0 Å². The highest BCUT2D eigenvalue weighted by Crippen LogP contribution is 2.30. The first-order valence-corrected chi connectivity index (χ1v) is 8.13. The van der Waals surface area contributed by atoms with Crippen LogP contribution in [0.1, 0.15) is 10.4 Å². The minimum Gasteiger partial charge on any atom is -0.376 e. The Bertz CT molecular complexity index is 1110. The fourth-order valence-electron chi connectivity index (χ4n) is 2.93. The molecule has 2 aromatic carbocycles. The zero-order valence-corrected chi connectivity index (χ0v) is 15.4. The maximum atomic E-state index is 12.6. The Morgan fingerprint density at radius 2 is 1.63 bits per heavy atom. The number of hydrogen-bond donors (Lipinski definition) is 1. The summed E-state index contributed by atoms with van der Waals surface area (Å²) in [5, 5.41) is 13.6. The third kappa shape index (κ3) is 3.14. The van der Waals surface area contributed by atoms with Crippen molar-refractivity contribution in [2.75, 3.05) is 24.3 Å². The Morgan fingerprint density at radius 1 is 1.07 bits per heavy atom. The number of anilines is 2. The molecule has 9 heteroatoms. The topological polar surface area (TPSA) is 102 Å². The van der Waals surface area contributed by atoms with Gasteiger partial charge in [-0.15, -0.1) is 0 Å². The van der Waals surface area contributed by atoms with Crippen molar-refractivity contribution in [3.63, 3.8) is 0 Å². The highest BCUT2D eigenvalue weighted by molar-refractivity contribution is 6.07. The van der Waals surface area contributed by atoms with Crippen molar-refractivity contribution in [3.8, 4) is 0 Å². The van der Waals surface area contributed by atoms with Crippen molar-refractivity contribution < 1.29 is 9.72 Å². The molecule has 1 N–H and O–H groups in total. The molecule has 140 valence electrons. The van der Waals surface area contributed by atoms with Crippen LogP contribution in [0.5, 0.6) is 0 Å². The summed E-state index contributed by atoms with van der Waals surface area (Å²) in [5.74, 6) is -0.395. The average Bonchev–Trinajstić information content (AvgIpc) is 2.85. The smallest absolute Gasteiger partial charge is 0.328 e. The number of nitrogens with one attached hydrogen (secondary N) is 1. The number of imidazole rings is 1. The van der Waals surface area contributed by atoms with E-state index in [4.69, 9.17) is 0 Å². The second-order valence-electron chi connectivity index (χ2n) is 6.41. The summed E-state index contributed by atoms with van der Waals surface area (Å²) in [4.78, 5) is 36.8. The summed E-state index contributed by atoms with van der Waals surface area (Å²) in [6, 6.07) is 8.95. The summed E-state index contributed by atoms with van der Waals surface area (Å²) in [6.07, 6.45) is 0. The third-order valence-electron chi connectivity index (χ3n) is 4.46. The van der Waals surface area contributed by atoms with Gasteiger partial charge in [0, 0.05) is 45.9 Å². The summed E-state index contributed by atoms with van der Waals surface area (Å²) in [5.41, 5.74) is 2.77. The number of amides is 1. The van der Waals surface area contributed by atoms with Gasteiger partial charge < -0.3 is 10.2 Å². The molecule has 1 heterocycles. The Labute approximate surface area is 154 Å². The molecular formula is C18H19N5O4. The Balaban J connectivity index is 2.03. The Kier molecular flexibility index (Phi) is 4.44. The predicted octanol–water partition coefficient (Wildman–Crippen LogP) is 2.10. The van der Waals surface area contributed by atoms with Crippen LogP contribution in [-0.2, 0) is 14.1 Å². The Hall–Kier alpha value is -3.62. The van der Waals surface area contributed by atoms with Crippen molar-refractivity contribution >= 4 is 34.0 Å². The first-order valence-electron chi connectivity index (χ1n) is 8.13. The molecule has 3 rings (SSSR count). The maximum absolute atomic E-state index is 12.6. The number of non-ortho nitro benzene ring substituents is 1. The lowest BCUT2D eigenvalue weighted by atomic mass is 10.1. The van der Waals surface area contributed by atoms with Gasteiger partial charge in [0.15, 0.2) is 0 Å². The number of nitro groups is 1. The van der Waals surface area contributed by atoms with E-state index >= 15 is 0 Å². The predicted molar refractivity (Wildman–Crippen MR) is 104 cm³/mol. The van der Waals surface area contributed by atoms with Crippen LogP contribution >= 0.6 is 0 Å². The largest absolute Gasteiger partial charge is 0.376 e. The van der Waals surface area contributed by atoms with E-state index in [0.29, 0.717) is 16.8 Å². The van der Waals surface area contributed by atoms with E-state index in [1.807, 2.05) is 25.1 Å². The highest BCUT2D eigenvalue weighted by atomic mass is 16.6. The van der Waals surface area contributed by atoms with E-state index in [9.17, 15) is 19.7 Å². The standard InChI is InChI=1S/C18H19N5O4/c1-20(2)14-10-16-15(21(3)18(25)22(16)4)9-13(14)19-17(24)11-5-7-12(8-6-11)23(26)27/h5-10H,1-4H3,(H,19,24). The van der Waals surface area contributed by atoms with Crippen LogP contribution in [0.15, 0.2) is 41.2 Å². The first-order chi connectivity index (χ1) is 12.7. The van der Waals surface area contributed by atoms with Gasteiger partial charge in [0.25, 0.3) is 11.6 Å². The molecule has 0 saturated carbocycles. The van der Waals surface area contributed by atoms with Gasteiger partial charge in [-0.05, 0) is 24.3 Å². The monoisotopic (exact) mass is 369 g/mol. The van der Waals surface area contributed by atoms with Crippen molar-refractivity contribution in [2.24, 2.45) is 14.1 Å². The SMILES string of the molecule is CN(C)c1cc2c(cc1NC(=O)c1ccc([N+](=O)[O-])cc1)n(C)c(=O)n2C. The summed E-state index contributed by atoms with van der Waals surface area (Å²) >= 11 is 0. The molecule has 0 saturated heterocycles. The molecule has 0 unspecified atom stereocenters. The molecule has 1 aromatic heterocycles. The van der Waals surface area contributed by atoms with E-state index < -0.39 is 10.8 Å². The summed E-state index contributed by atoms with van der Waals surface area (Å²) in [7, 11) is 7.04. The Morgan fingerprint density at radius 3 is 2.15 bits per heavy atom. The lowest BCUT2D eigenvalue weighted by Crippen LogP contribution is -2.19. The van der Waals surface area contributed by atoms with E-state index in [2.05, 4.69) is 5.32 Å². The number of nitro benzene ring substituents is 1. The van der Waals surface area contributed by atoms with Gasteiger partial charge in [-0.1, -0.05) is 0 Å². The minimum absolute atomic E-state index is 0.0822. The molecular weight excluding hydrogens is 350 g/mol. The number of carbonyl (C=O) groups excluding carboxylic acids is 1. The summed E-state index contributed by atoms with van der Waals surface area (Å²) < 4.78 is 3.06. The van der Waals surface area contributed by atoms with Gasteiger partial charge in [-0.2, -0.15) is 0 Å². The van der Waals surface area contributed by atoms with Crippen LogP contribution in [0, 0.1) is 10.1 Å². The fraction of sp³-hybridized carbons (Fsp3) is 0.222. The van der Waals surface area contributed by atoms with Crippen molar-refractivity contribution in [3.05, 3.63) is 62.6 Å². The second-order valence-corrected chi connectivity index (χ2v) is 6.41. The van der Waals surface area contributed by atoms with Crippen LogP contribution in [0.3, 0.4) is 0 Å². The normalized spacial score (nSPS) is 10.8. The quantitative estimate of drug-likeness (QED) is 0.560. The lowest BCUT2D eigenvalue weighted by molar-refractivity contribution is -0.384. The number of aryl methyl sites for hydroxylation is 2. The number of benzene rings is 2. The molecule has 0 atom stereocenters. The molecule has 0 aliphatic rings. The third-order valence-corrected chi connectivity index (χ3v) is 4.46. The molecule has 0 bridgehead atoms. The molecule has 0 fully saturated rings. The number of nitrogens with zero attached hydrogens (tertiary/aromatic N) is 4. The van der Waals surface area contributed by atoms with Crippen LogP contribution in [0.2, 0.25) is 0 Å². The van der Waals surface area contributed by atoms with Crippen LogP contribution in [0.25, 0.3) is 11.0 Å². The summed E-state index contributed by atoms with van der Waals surface area (Å²) in [6.45, 7) is 0. The van der Waals surface area contributed by atoms with Gasteiger partial charge in [-0.25, -0.2) is 4.79 Å². The van der Waals surface area contributed by atoms with E-state index in [1.165, 1.54) is 28.8 Å². The van der Waals surface area contributed by atoms with Crippen LogP contribution in [0.4, 0.5) is 17.1 Å². The van der Waals surface area contributed by atoms with Gasteiger partial charge in [0.05, 0.1) is 27.3 Å². The molecule has 0 aliphatic carbocycles. The molecule has 0 spiro atoms. The van der Waals surface area contributed by atoms with Crippen molar-refractivity contribution in [1.29, 1.82) is 0 Å². The lowest BCUT2D eigenvalue weighted by Gasteiger charge is -2.18. The van der Waals surface area contributed by atoms with E-state index in [1.54, 1.807) is 24.7 Å². The number of fused-ring (bicyclic) bond motifs is 1. The zero-order chi connectivity index (χ0) is 19.9. The number of aromatic nitrogens is 2. The van der Waals surface area contributed by atoms with Gasteiger partial charge in [0.1, 0.15) is 0 Å². The van der Waals surface area contributed by atoms with Gasteiger partial charge >= 0.3 is 5.69 Å². The molecule has 27 heavy (non-hydrogen) atoms. The molecule has 9 nitrogen and oxygen atoms in total. The first kappa shape index (κ1) is 18.2. The van der Waals surface area contributed by atoms with Crippen molar-refractivity contribution in [1.82, 2.24) is 9.13 Å². The van der Waals surface area contributed by atoms with Crippen LogP contribution < -0.4 is 15.9 Å². The fourth-order valence-corrected chi connectivity index (χ4v) is 2.93. The highest BCUT2D eigenvalue weighted by Gasteiger charge is 2.16. The van der Waals surface area contributed by atoms with E-state index in [-0.39, 0.29) is 11.4 Å². The molecule has 1 amide bonds. The van der Waals surface area contributed by atoms with Crippen LogP contribution in [-0.4, -0.2) is 34.1 Å². The zero-order valence-electron chi connectivity index (χ0n) is 15.4. The minimum atomic E-state index is -0.518. The molecule has 0 aliphatic heterocycles. The van der Waals surface area contributed by atoms with E-state index in [0.717, 1.165) is 11.2 Å². The maximum Gasteiger partial charge on any atom is 0.328 e. The number of carbonyl (C=O) groups is 1.